The highest BCUT2D eigenvalue weighted by Gasteiger charge is 2.25. The molecule has 0 spiro atoms. The number of hydrogen-bond acceptors (Lipinski definition) is 2. The van der Waals surface area contributed by atoms with Gasteiger partial charge in [-0.25, -0.2) is 9.59 Å². The van der Waals surface area contributed by atoms with Crippen LogP contribution in [0.15, 0.2) is 5.57 Å². The topological polar surface area (TPSA) is 57.6 Å². The van der Waals surface area contributed by atoms with Crippen LogP contribution in [0, 0.1) is 0 Å². The van der Waals surface area contributed by atoms with E-state index < -0.39 is 6.09 Å². The lowest BCUT2D eigenvalue weighted by atomic mass is 10.00. The molecular weight excluding hydrogens is 158 g/mol. The predicted octanol–water partition coefficient (Wildman–Crippen LogP) is 0.907. The molecule has 1 N–H and O–H groups in total. The minimum absolute atomic E-state index is 0.0901. The molecule has 12 heavy (non-hydrogen) atoms. The third-order valence-corrected chi connectivity index (χ3v) is 2.12. The Kier molecular flexibility index (Phi) is 2.51. The number of carbonyl (C=O) groups excluding carboxylic acids is 1. The third kappa shape index (κ3) is 1.66. The number of nitrogens with zero attached hydrogens (tertiary/aromatic N) is 1. The van der Waals surface area contributed by atoms with Crippen LogP contribution in [0.2, 0.25) is 0 Å². The summed E-state index contributed by atoms with van der Waals surface area (Å²) in [5.41, 5.74) is 0.694. The van der Waals surface area contributed by atoms with Crippen molar-refractivity contribution in [3.8, 4) is 0 Å². The average Bonchev–Trinajstić information content (AvgIpc) is 2.03. The fraction of sp³-hybridized carbons (Fsp3) is 0.625. The van der Waals surface area contributed by atoms with E-state index in [0.717, 1.165) is 0 Å². The largest absolute Gasteiger partial charge is 0.465 e. The van der Waals surface area contributed by atoms with Crippen molar-refractivity contribution >= 4 is 12.0 Å². The van der Waals surface area contributed by atoms with E-state index in [1.165, 1.54) is 4.90 Å². The first-order valence-electron chi connectivity index (χ1n) is 3.87. The molecule has 1 atom stereocenters. The van der Waals surface area contributed by atoms with Crippen LogP contribution in [0.1, 0.15) is 19.8 Å². The number of piperidine rings is 1. The summed E-state index contributed by atoms with van der Waals surface area (Å²) in [5, 5.41) is 8.69. The van der Waals surface area contributed by atoms with Crippen molar-refractivity contribution < 1.29 is 14.7 Å². The third-order valence-electron chi connectivity index (χ3n) is 2.12. The lowest BCUT2D eigenvalue weighted by Gasteiger charge is -2.30. The molecule has 0 bridgehead atoms. The number of hydrogen-bond donors (Lipinski definition) is 1. The van der Waals surface area contributed by atoms with E-state index in [4.69, 9.17) is 5.11 Å². The van der Waals surface area contributed by atoms with Gasteiger partial charge in [0.15, 0.2) is 0 Å². The summed E-state index contributed by atoms with van der Waals surface area (Å²) in [5.74, 6) is 1.84. The van der Waals surface area contributed by atoms with E-state index in [1.54, 1.807) is 6.92 Å². The van der Waals surface area contributed by atoms with Gasteiger partial charge in [0.25, 0.3) is 0 Å². The van der Waals surface area contributed by atoms with Gasteiger partial charge in [0.1, 0.15) is 5.94 Å². The Bertz CT molecular complexity index is 243. The van der Waals surface area contributed by atoms with E-state index in [9.17, 15) is 9.59 Å². The first-order valence-corrected chi connectivity index (χ1v) is 3.87. The summed E-state index contributed by atoms with van der Waals surface area (Å²) in [6, 6.07) is -0.0901. The van der Waals surface area contributed by atoms with Crippen LogP contribution in [0.4, 0.5) is 4.79 Å². The van der Waals surface area contributed by atoms with E-state index >= 15 is 0 Å². The van der Waals surface area contributed by atoms with Crippen LogP contribution in [-0.2, 0) is 4.79 Å². The smallest absolute Gasteiger partial charge is 0.407 e. The molecule has 1 aliphatic rings. The van der Waals surface area contributed by atoms with E-state index in [0.29, 0.717) is 25.0 Å². The molecule has 1 amide bonds. The normalized spacial score (nSPS) is 23.6. The second-order valence-electron chi connectivity index (χ2n) is 2.98. The second-order valence-corrected chi connectivity index (χ2v) is 2.98. The van der Waals surface area contributed by atoms with E-state index in [1.807, 2.05) is 5.94 Å². The molecule has 1 saturated heterocycles. The van der Waals surface area contributed by atoms with Crippen molar-refractivity contribution in [2.24, 2.45) is 0 Å². The highest BCUT2D eigenvalue weighted by molar-refractivity contribution is 5.66. The Labute approximate surface area is 70.5 Å². The molecule has 0 aromatic rings. The van der Waals surface area contributed by atoms with Crippen molar-refractivity contribution in [3.05, 3.63) is 5.57 Å². The van der Waals surface area contributed by atoms with Crippen molar-refractivity contribution in [1.82, 2.24) is 4.90 Å². The molecule has 0 radical (unpaired) electrons. The molecule has 0 saturated carbocycles. The Balaban J connectivity index is 2.65. The van der Waals surface area contributed by atoms with Crippen LogP contribution in [0.3, 0.4) is 0 Å². The summed E-state index contributed by atoms with van der Waals surface area (Å²) in [6.07, 6.45) is 0.142. The minimum Gasteiger partial charge on any atom is -0.465 e. The molecule has 0 aromatic heterocycles. The Morgan fingerprint density at radius 2 is 2.42 bits per heavy atom. The van der Waals surface area contributed by atoms with Gasteiger partial charge < -0.3 is 10.0 Å². The van der Waals surface area contributed by atoms with Gasteiger partial charge in [-0.15, -0.1) is 0 Å². The Morgan fingerprint density at radius 1 is 1.75 bits per heavy atom. The number of carboxylic acid groups (broad SMARTS) is 1. The van der Waals surface area contributed by atoms with Gasteiger partial charge in [-0.1, -0.05) is 0 Å². The van der Waals surface area contributed by atoms with Crippen LogP contribution in [-0.4, -0.2) is 34.6 Å². The molecule has 1 heterocycles. The van der Waals surface area contributed by atoms with Gasteiger partial charge in [-0.2, -0.15) is 0 Å². The molecule has 66 valence electrons. The summed E-state index contributed by atoms with van der Waals surface area (Å²) >= 11 is 0. The maximum Gasteiger partial charge on any atom is 0.407 e. The summed E-state index contributed by atoms with van der Waals surface area (Å²) in [7, 11) is 0. The van der Waals surface area contributed by atoms with Crippen molar-refractivity contribution in [1.29, 1.82) is 0 Å². The summed E-state index contributed by atoms with van der Waals surface area (Å²) in [6.45, 7) is 2.21. The molecule has 0 unspecified atom stereocenters. The standard InChI is InChI=1S/C8H11NO3/c1-6-4-7(5-10)2-3-9(6)8(11)12/h6H,2-4H2,1H3,(H,11,12)/t6-/m0/s1. The van der Waals surface area contributed by atoms with Crippen LogP contribution in [0.25, 0.3) is 0 Å². The molecule has 1 rings (SSSR count). The maximum atomic E-state index is 10.6. The predicted molar refractivity (Wildman–Crippen MR) is 42.6 cm³/mol. The molecular formula is C8H11NO3. The Hall–Kier alpha value is -1.28. The van der Waals surface area contributed by atoms with Crippen molar-refractivity contribution in [3.63, 3.8) is 0 Å². The molecule has 1 fully saturated rings. The number of likely N-dealkylation sites (tertiary alicyclic amines) is 1. The number of amides is 1. The van der Waals surface area contributed by atoms with E-state index in [2.05, 4.69) is 0 Å². The average molecular weight is 169 g/mol. The fourth-order valence-corrected chi connectivity index (χ4v) is 1.42. The van der Waals surface area contributed by atoms with Crippen molar-refractivity contribution in [2.75, 3.05) is 6.54 Å². The van der Waals surface area contributed by atoms with Crippen LogP contribution in [0.5, 0.6) is 0 Å². The summed E-state index contributed by atoms with van der Waals surface area (Å²) in [4.78, 5) is 22.2. The SMILES string of the molecule is C[C@H]1CC(=C=O)CCN1C(=O)O. The second kappa shape index (κ2) is 3.41. The Morgan fingerprint density at radius 3 is 2.83 bits per heavy atom. The quantitative estimate of drug-likeness (QED) is 0.548. The molecule has 4 nitrogen and oxygen atoms in total. The number of carbonyl (C=O) groups is 1. The highest BCUT2D eigenvalue weighted by Crippen LogP contribution is 2.19. The van der Waals surface area contributed by atoms with Crippen LogP contribution >= 0.6 is 0 Å². The monoisotopic (exact) mass is 169 g/mol. The maximum absolute atomic E-state index is 10.6. The van der Waals surface area contributed by atoms with Crippen LogP contribution < -0.4 is 0 Å². The fourth-order valence-electron chi connectivity index (χ4n) is 1.42. The summed E-state index contributed by atoms with van der Waals surface area (Å²) < 4.78 is 0. The number of rotatable bonds is 0. The lowest BCUT2D eigenvalue weighted by molar-refractivity contribution is 0.121. The zero-order valence-electron chi connectivity index (χ0n) is 6.91. The van der Waals surface area contributed by atoms with Gasteiger partial charge >= 0.3 is 6.09 Å². The zero-order chi connectivity index (χ0) is 9.14. The van der Waals surface area contributed by atoms with Gasteiger partial charge in [-0.05, 0) is 19.8 Å². The van der Waals surface area contributed by atoms with Gasteiger partial charge in [0.2, 0.25) is 0 Å². The van der Waals surface area contributed by atoms with E-state index in [-0.39, 0.29) is 6.04 Å². The van der Waals surface area contributed by atoms with Crippen molar-refractivity contribution in [2.45, 2.75) is 25.8 Å². The van der Waals surface area contributed by atoms with Gasteiger partial charge in [0.05, 0.1) is 0 Å². The molecule has 0 aromatic carbocycles. The zero-order valence-corrected chi connectivity index (χ0v) is 6.91. The van der Waals surface area contributed by atoms with Gasteiger partial charge in [-0.3, -0.25) is 0 Å². The highest BCUT2D eigenvalue weighted by atomic mass is 16.4. The molecule has 1 aliphatic heterocycles. The molecule has 0 aliphatic carbocycles. The molecule has 4 heteroatoms. The minimum atomic E-state index is -0.910. The van der Waals surface area contributed by atoms with Gasteiger partial charge in [0, 0.05) is 18.2 Å². The first-order chi connectivity index (χ1) is 5.65. The lowest BCUT2D eigenvalue weighted by Crippen LogP contribution is -2.41. The first kappa shape index (κ1) is 8.81.